The van der Waals surface area contributed by atoms with Gasteiger partial charge in [-0.2, -0.15) is 0 Å². The summed E-state index contributed by atoms with van der Waals surface area (Å²) in [6.45, 7) is 6.35. The minimum absolute atomic E-state index is 0.0502. The molecule has 1 atom stereocenters. The molecule has 1 aliphatic rings. The van der Waals surface area contributed by atoms with Crippen LogP contribution in [0.4, 0.5) is 0 Å². The smallest absolute Gasteiger partial charge is 0.224 e. The molecule has 6 nitrogen and oxygen atoms in total. The van der Waals surface area contributed by atoms with Gasteiger partial charge < -0.3 is 23.9 Å². The molecule has 1 amide bonds. The minimum Gasteiger partial charge on any atom is -0.493 e. The normalized spacial score (nSPS) is 17.6. The third-order valence-corrected chi connectivity index (χ3v) is 5.16. The molecular formula is C22H29NO5. The van der Waals surface area contributed by atoms with Crippen molar-refractivity contribution in [3.63, 3.8) is 0 Å². The molecule has 28 heavy (non-hydrogen) atoms. The van der Waals surface area contributed by atoms with Crippen molar-refractivity contribution < 1.29 is 23.4 Å². The number of amides is 1. The molecule has 1 heterocycles. The summed E-state index contributed by atoms with van der Waals surface area (Å²) in [7, 11) is 4.68. The summed E-state index contributed by atoms with van der Waals surface area (Å²) in [5.74, 6) is 3.40. The molecule has 2 aromatic rings. The molecule has 6 heteroatoms. The number of rotatable bonds is 6. The van der Waals surface area contributed by atoms with E-state index in [1.54, 1.807) is 33.5 Å². The van der Waals surface area contributed by atoms with Gasteiger partial charge >= 0.3 is 0 Å². The molecule has 1 N–H and O–H groups in total. The first-order chi connectivity index (χ1) is 13.3. The number of carbonyl (C=O) groups excluding carboxylic acids is 1. The first kappa shape index (κ1) is 20.1. The van der Waals surface area contributed by atoms with E-state index < -0.39 is 0 Å². The lowest BCUT2D eigenvalue weighted by molar-refractivity contribution is -0.121. The highest BCUT2D eigenvalue weighted by Gasteiger charge is 2.35. The molecule has 3 rings (SSSR count). The van der Waals surface area contributed by atoms with Crippen molar-refractivity contribution >= 4 is 5.91 Å². The number of ether oxygens (including phenoxy) is 3. The average molecular weight is 387 g/mol. The number of hydrogen-bond donors (Lipinski definition) is 1. The van der Waals surface area contributed by atoms with Crippen molar-refractivity contribution in [3.8, 4) is 17.2 Å². The quantitative estimate of drug-likeness (QED) is 0.812. The zero-order valence-electron chi connectivity index (χ0n) is 17.5. The van der Waals surface area contributed by atoms with E-state index in [1.165, 1.54) is 0 Å². The van der Waals surface area contributed by atoms with Gasteiger partial charge in [0.15, 0.2) is 11.5 Å². The second-order valence-corrected chi connectivity index (χ2v) is 8.11. The Balaban J connectivity index is 1.79. The molecule has 0 radical (unpaired) electrons. The lowest BCUT2D eigenvalue weighted by Crippen LogP contribution is -2.36. The van der Waals surface area contributed by atoms with Crippen LogP contribution in [0.3, 0.4) is 0 Å². The SMILES string of the molecule is COc1cc(CC(=O)N[C@H]2CC(C)(C)Cc3oc(C)cc32)cc(OC)c1OC. The second kappa shape index (κ2) is 7.78. The van der Waals surface area contributed by atoms with E-state index in [0.717, 1.165) is 35.5 Å². The number of aryl methyl sites for hydroxylation is 1. The van der Waals surface area contributed by atoms with Crippen molar-refractivity contribution in [2.24, 2.45) is 5.41 Å². The molecule has 1 aliphatic carbocycles. The fraction of sp³-hybridized carbons (Fsp3) is 0.500. The Kier molecular flexibility index (Phi) is 5.59. The van der Waals surface area contributed by atoms with E-state index in [-0.39, 0.29) is 23.8 Å². The lowest BCUT2D eigenvalue weighted by atomic mass is 9.74. The highest BCUT2D eigenvalue weighted by Crippen LogP contribution is 2.42. The number of carbonyl (C=O) groups is 1. The first-order valence-corrected chi connectivity index (χ1v) is 9.43. The fourth-order valence-electron chi connectivity index (χ4n) is 3.98. The fourth-order valence-corrected chi connectivity index (χ4v) is 3.98. The zero-order chi connectivity index (χ0) is 20.5. The van der Waals surface area contributed by atoms with Crippen LogP contribution in [0.2, 0.25) is 0 Å². The predicted molar refractivity (Wildman–Crippen MR) is 106 cm³/mol. The Morgan fingerprint density at radius 2 is 1.79 bits per heavy atom. The summed E-state index contributed by atoms with van der Waals surface area (Å²) >= 11 is 0. The highest BCUT2D eigenvalue weighted by atomic mass is 16.5. The monoisotopic (exact) mass is 387 g/mol. The van der Waals surface area contributed by atoms with Gasteiger partial charge in [-0.05, 0) is 42.5 Å². The van der Waals surface area contributed by atoms with Crippen LogP contribution < -0.4 is 19.5 Å². The summed E-state index contributed by atoms with van der Waals surface area (Å²) in [5, 5.41) is 3.18. The summed E-state index contributed by atoms with van der Waals surface area (Å²) < 4.78 is 22.0. The minimum atomic E-state index is -0.0539. The number of hydrogen-bond acceptors (Lipinski definition) is 5. The molecule has 0 unspecified atom stereocenters. The molecule has 0 saturated heterocycles. The van der Waals surface area contributed by atoms with Crippen molar-refractivity contribution in [3.05, 3.63) is 40.8 Å². The van der Waals surface area contributed by atoms with E-state index in [0.29, 0.717) is 17.2 Å². The topological polar surface area (TPSA) is 69.9 Å². The molecule has 0 spiro atoms. The van der Waals surface area contributed by atoms with Crippen molar-refractivity contribution in [1.82, 2.24) is 5.32 Å². The number of furan rings is 1. The molecule has 0 aliphatic heterocycles. The highest BCUT2D eigenvalue weighted by molar-refractivity contribution is 5.79. The maximum Gasteiger partial charge on any atom is 0.224 e. The number of benzene rings is 1. The van der Waals surface area contributed by atoms with Crippen molar-refractivity contribution in [1.29, 1.82) is 0 Å². The van der Waals surface area contributed by atoms with Gasteiger partial charge in [0.25, 0.3) is 0 Å². The van der Waals surface area contributed by atoms with Crippen LogP contribution in [-0.2, 0) is 17.6 Å². The summed E-state index contributed by atoms with van der Waals surface area (Å²) in [4.78, 5) is 12.8. The number of nitrogens with one attached hydrogen (secondary N) is 1. The van der Waals surface area contributed by atoms with Crippen molar-refractivity contribution in [2.75, 3.05) is 21.3 Å². The summed E-state index contributed by atoms with van der Waals surface area (Å²) in [6.07, 6.45) is 1.98. The maximum absolute atomic E-state index is 12.8. The number of fused-ring (bicyclic) bond motifs is 1. The van der Waals surface area contributed by atoms with Crippen LogP contribution >= 0.6 is 0 Å². The second-order valence-electron chi connectivity index (χ2n) is 8.11. The molecule has 0 fully saturated rings. The van der Waals surface area contributed by atoms with Crippen LogP contribution in [0.15, 0.2) is 22.6 Å². The average Bonchev–Trinajstić information content (AvgIpc) is 2.99. The van der Waals surface area contributed by atoms with Gasteiger partial charge in [-0.15, -0.1) is 0 Å². The van der Waals surface area contributed by atoms with E-state index in [2.05, 4.69) is 19.2 Å². The first-order valence-electron chi connectivity index (χ1n) is 9.43. The van der Waals surface area contributed by atoms with Crippen LogP contribution in [0.25, 0.3) is 0 Å². The molecule has 152 valence electrons. The van der Waals surface area contributed by atoms with Gasteiger partial charge in [-0.3, -0.25) is 4.79 Å². The van der Waals surface area contributed by atoms with Gasteiger partial charge in [0.1, 0.15) is 11.5 Å². The third-order valence-electron chi connectivity index (χ3n) is 5.16. The Morgan fingerprint density at radius 3 is 2.36 bits per heavy atom. The van der Waals surface area contributed by atoms with E-state index >= 15 is 0 Å². The summed E-state index contributed by atoms with van der Waals surface area (Å²) in [5.41, 5.74) is 1.96. The van der Waals surface area contributed by atoms with E-state index in [1.807, 2.05) is 13.0 Å². The Morgan fingerprint density at radius 1 is 1.14 bits per heavy atom. The van der Waals surface area contributed by atoms with E-state index in [4.69, 9.17) is 18.6 Å². The molecule has 1 aromatic carbocycles. The molecule has 1 aromatic heterocycles. The van der Waals surface area contributed by atoms with Crippen molar-refractivity contribution in [2.45, 2.75) is 46.1 Å². The van der Waals surface area contributed by atoms with Gasteiger partial charge in [0, 0.05) is 12.0 Å². The number of methoxy groups -OCH3 is 3. The predicted octanol–water partition coefficient (Wildman–Crippen LogP) is 3.99. The van der Waals surface area contributed by atoms with E-state index in [9.17, 15) is 4.79 Å². The Labute approximate surface area is 166 Å². The van der Waals surface area contributed by atoms with Crippen LogP contribution in [-0.4, -0.2) is 27.2 Å². The largest absolute Gasteiger partial charge is 0.493 e. The van der Waals surface area contributed by atoms with Gasteiger partial charge in [-0.1, -0.05) is 13.8 Å². The van der Waals surface area contributed by atoms with Gasteiger partial charge in [0.2, 0.25) is 11.7 Å². The van der Waals surface area contributed by atoms with Crippen LogP contribution in [0.5, 0.6) is 17.2 Å². The van der Waals surface area contributed by atoms with Crippen LogP contribution in [0, 0.1) is 12.3 Å². The molecule has 0 saturated carbocycles. The molecular weight excluding hydrogens is 358 g/mol. The standard InChI is InChI=1S/C22H29NO5/c1-13-7-15-16(11-22(2,3)12-19(15)28-13)23-20(24)10-14-8-17(25-4)21(27-6)18(9-14)26-5/h7-9,16H,10-12H2,1-6H3,(H,23,24)/t16-/m0/s1. The Hall–Kier alpha value is -2.63. The maximum atomic E-state index is 12.8. The van der Waals surface area contributed by atoms with Gasteiger partial charge in [0.05, 0.1) is 33.8 Å². The lowest BCUT2D eigenvalue weighted by Gasteiger charge is -2.34. The molecule has 0 bridgehead atoms. The summed E-state index contributed by atoms with van der Waals surface area (Å²) in [6, 6.07) is 5.60. The van der Waals surface area contributed by atoms with Crippen LogP contribution in [0.1, 0.15) is 49.0 Å². The Bertz CT molecular complexity index is 843. The zero-order valence-corrected chi connectivity index (χ0v) is 17.5. The third kappa shape index (κ3) is 4.11. The van der Waals surface area contributed by atoms with Gasteiger partial charge in [-0.25, -0.2) is 0 Å².